The summed E-state index contributed by atoms with van der Waals surface area (Å²) in [4.78, 5) is 0. The third-order valence-electron chi connectivity index (χ3n) is 3.30. The summed E-state index contributed by atoms with van der Waals surface area (Å²) in [5, 5.41) is 18.8. The van der Waals surface area contributed by atoms with Gasteiger partial charge in [0.15, 0.2) is 5.82 Å². The highest BCUT2D eigenvalue weighted by Crippen LogP contribution is 2.31. The Morgan fingerprint density at radius 2 is 1.48 bits per heavy atom. The Morgan fingerprint density at radius 3 is 2.28 bits per heavy atom. The van der Waals surface area contributed by atoms with Gasteiger partial charge in [-0.25, -0.2) is 9.35 Å². The number of thioether (sulfide) groups is 2. The van der Waals surface area contributed by atoms with Crippen molar-refractivity contribution in [2.75, 3.05) is 42.2 Å². The molecule has 3 rings (SSSR count). The molecule has 0 saturated carbocycles. The molecule has 25 heavy (non-hydrogen) atoms. The second-order valence-corrected chi connectivity index (χ2v) is 9.58. The minimum absolute atomic E-state index is 0.621. The van der Waals surface area contributed by atoms with Crippen LogP contribution in [0.2, 0.25) is 0 Å². The van der Waals surface area contributed by atoms with Gasteiger partial charge in [-0.1, -0.05) is 34.3 Å². The first-order valence-electron chi connectivity index (χ1n) is 7.78. The fraction of sp³-hybridized carbons (Fsp3) is 0.667. The summed E-state index contributed by atoms with van der Waals surface area (Å²) in [6.45, 7) is 1.25. The van der Waals surface area contributed by atoms with Gasteiger partial charge in [-0.05, 0) is 23.6 Å². The molecule has 0 saturated heterocycles. The topological polar surface area (TPSA) is 123 Å². The Kier molecular flexibility index (Phi) is 7.46. The SMILES string of the molecule is Nn1c2nnc1SCCOCCSc1nnc(n1N)SSCCCC2. The molecular weight excluding hydrogens is 400 g/mol. The molecule has 13 heteroatoms. The first-order valence-corrected chi connectivity index (χ1v) is 12.1. The minimum Gasteiger partial charge on any atom is -0.380 e. The van der Waals surface area contributed by atoms with E-state index in [0.717, 1.165) is 47.5 Å². The molecule has 138 valence electrons. The van der Waals surface area contributed by atoms with E-state index in [1.807, 2.05) is 0 Å². The van der Waals surface area contributed by atoms with Crippen LogP contribution >= 0.6 is 45.1 Å². The van der Waals surface area contributed by atoms with Crippen molar-refractivity contribution in [2.24, 2.45) is 0 Å². The third-order valence-corrected chi connectivity index (χ3v) is 7.41. The standard InChI is InChI=1S/C12H20N8OS4/c13-19-9-3-1-2-6-24-25-12-18-17-11(20(12)14)23-8-5-21-4-7-22-10(19)16-15-9/h1-8,13-14H2. The molecule has 0 fully saturated rings. The van der Waals surface area contributed by atoms with Crippen LogP contribution in [0.5, 0.6) is 0 Å². The number of hydrogen-bond acceptors (Lipinski definition) is 11. The Hall–Kier alpha value is -0.760. The van der Waals surface area contributed by atoms with Gasteiger partial charge in [-0.3, -0.25) is 0 Å². The van der Waals surface area contributed by atoms with Crippen molar-refractivity contribution in [1.29, 1.82) is 0 Å². The van der Waals surface area contributed by atoms with Gasteiger partial charge in [0.2, 0.25) is 15.5 Å². The molecule has 0 amide bonds. The van der Waals surface area contributed by atoms with Gasteiger partial charge in [0, 0.05) is 23.7 Å². The lowest BCUT2D eigenvalue weighted by molar-refractivity contribution is 0.167. The van der Waals surface area contributed by atoms with Gasteiger partial charge in [-0.15, -0.1) is 20.4 Å². The normalized spacial score (nSPS) is 18.2. The van der Waals surface area contributed by atoms with Gasteiger partial charge < -0.3 is 16.4 Å². The van der Waals surface area contributed by atoms with Crippen LogP contribution in [0, 0.1) is 0 Å². The van der Waals surface area contributed by atoms with E-state index in [-0.39, 0.29) is 0 Å². The smallest absolute Gasteiger partial charge is 0.221 e. The van der Waals surface area contributed by atoms with Crippen LogP contribution in [0.1, 0.15) is 18.7 Å². The van der Waals surface area contributed by atoms with Crippen LogP contribution in [-0.2, 0) is 11.2 Å². The minimum atomic E-state index is 0.621. The summed E-state index contributed by atoms with van der Waals surface area (Å²) in [5.41, 5.74) is 0. The van der Waals surface area contributed by atoms with E-state index < -0.39 is 0 Å². The average molecular weight is 421 g/mol. The highest BCUT2D eigenvalue weighted by molar-refractivity contribution is 8.76. The fourth-order valence-electron chi connectivity index (χ4n) is 2.02. The zero-order valence-electron chi connectivity index (χ0n) is 13.5. The molecule has 0 atom stereocenters. The zero-order chi connectivity index (χ0) is 17.5. The molecule has 0 unspecified atom stereocenters. The van der Waals surface area contributed by atoms with E-state index in [0.29, 0.717) is 23.5 Å². The van der Waals surface area contributed by atoms with Gasteiger partial charge in [-0.2, -0.15) is 0 Å². The third kappa shape index (κ3) is 5.36. The molecule has 9 nitrogen and oxygen atoms in total. The molecule has 4 N–H and O–H groups in total. The van der Waals surface area contributed by atoms with Crippen LogP contribution in [-0.4, -0.2) is 60.2 Å². The fourth-order valence-corrected chi connectivity index (χ4v) is 5.52. The predicted molar refractivity (Wildman–Crippen MR) is 104 cm³/mol. The quantitative estimate of drug-likeness (QED) is 0.473. The summed E-state index contributed by atoms with van der Waals surface area (Å²) in [5.74, 6) is 15.5. The number of nitrogens with two attached hydrogens (primary N) is 2. The summed E-state index contributed by atoms with van der Waals surface area (Å²) < 4.78 is 8.77. The van der Waals surface area contributed by atoms with Gasteiger partial charge in [0.25, 0.3) is 0 Å². The second kappa shape index (κ2) is 9.80. The van der Waals surface area contributed by atoms with Crippen LogP contribution in [0.3, 0.4) is 0 Å². The maximum atomic E-state index is 6.06. The first-order chi connectivity index (χ1) is 12.3. The number of nitrogens with zero attached hydrogens (tertiary/aromatic N) is 6. The number of ether oxygens (including phenoxy) is 1. The molecule has 1 aliphatic heterocycles. The molecule has 0 radical (unpaired) electrons. The molecule has 1 aliphatic rings. The average Bonchev–Trinajstić information content (AvgIpc) is 3.13. The van der Waals surface area contributed by atoms with Crippen molar-refractivity contribution in [1.82, 2.24) is 29.7 Å². The molecule has 0 spiro atoms. The lowest BCUT2D eigenvalue weighted by Crippen LogP contribution is -2.14. The Balaban J connectivity index is 1.58. The number of aromatic nitrogens is 6. The van der Waals surface area contributed by atoms with Crippen molar-refractivity contribution in [3.63, 3.8) is 0 Å². The molecular formula is C12H20N8OS4. The molecule has 3 heterocycles. The Bertz CT molecular complexity index is 622. The van der Waals surface area contributed by atoms with Gasteiger partial charge in [0.1, 0.15) is 0 Å². The monoisotopic (exact) mass is 420 g/mol. The van der Waals surface area contributed by atoms with Gasteiger partial charge in [0.05, 0.1) is 13.2 Å². The lowest BCUT2D eigenvalue weighted by Gasteiger charge is -2.05. The van der Waals surface area contributed by atoms with E-state index in [9.17, 15) is 0 Å². The second-order valence-electron chi connectivity index (χ2n) is 5.08. The Morgan fingerprint density at radius 1 is 0.800 bits per heavy atom. The van der Waals surface area contributed by atoms with Gasteiger partial charge >= 0.3 is 0 Å². The van der Waals surface area contributed by atoms with Crippen LogP contribution in [0.4, 0.5) is 0 Å². The van der Waals surface area contributed by atoms with E-state index in [1.54, 1.807) is 54.5 Å². The van der Waals surface area contributed by atoms with E-state index in [1.165, 1.54) is 0 Å². The predicted octanol–water partition coefficient (Wildman–Crippen LogP) is 1.27. The molecule has 2 aromatic rings. The van der Waals surface area contributed by atoms with E-state index in [4.69, 9.17) is 16.4 Å². The summed E-state index contributed by atoms with van der Waals surface area (Å²) in [7, 11) is 3.27. The highest BCUT2D eigenvalue weighted by atomic mass is 33.1. The van der Waals surface area contributed by atoms with Crippen LogP contribution in [0.25, 0.3) is 0 Å². The zero-order valence-corrected chi connectivity index (χ0v) is 16.8. The lowest BCUT2D eigenvalue weighted by atomic mass is 10.2. The van der Waals surface area contributed by atoms with Crippen molar-refractivity contribution < 1.29 is 4.74 Å². The molecule has 4 bridgehead atoms. The maximum absolute atomic E-state index is 6.06. The van der Waals surface area contributed by atoms with Crippen LogP contribution in [0.15, 0.2) is 15.5 Å². The van der Waals surface area contributed by atoms with Crippen molar-refractivity contribution in [3.8, 4) is 0 Å². The molecule has 2 aromatic heterocycles. The summed E-state index contributed by atoms with van der Waals surface area (Å²) >= 11 is 3.10. The summed E-state index contributed by atoms with van der Waals surface area (Å²) in [6, 6.07) is 0. The molecule has 0 aromatic carbocycles. The molecule has 0 aliphatic carbocycles. The number of aryl methyl sites for hydroxylation is 1. The first kappa shape index (κ1) is 19.0. The number of rotatable bonds is 0. The van der Waals surface area contributed by atoms with E-state index >= 15 is 0 Å². The summed E-state index contributed by atoms with van der Waals surface area (Å²) in [6.07, 6.45) is 2.88. The van der Waals surface area contributed by atoms with Crippen LogP contribution < -0.4 is 11.7 Å². The van der Waals surface area contributed by atoms with Crippen molar-refractivity contribution in [2.45, 2.75) is 34.7 Å². The number of fused-ring (bicyclic) bond motifs is 4. The highest BCUT2D eigenvalue weighted by Gasteiger charge is 2.12. The van der Waals surface area contributed by atoms with Crippen molar-refractivity contribution >= 4 is 45.1 Å². The van der Waals surface area contributed by atoms with E-state index in [2.05, 4.69) is 20.4 Å². The number of hydrogen-bond donors (Lipinski definition) is 2. The Labute approximate surface area is 162 Å². The largest absolute Gasteiger partial charge is 0.380 e. The van der Waals surface area contributed by atoms with Crippen molar-refractivity contribution in [3.05, 3.63) is 5.82 Å². The maximum Gasteiger partial charge on any atom is 0.221 e. The number of nitrogen functional groups attached to an aromatic ring is 2.